The van der Waals surface area contributed by atoms with Gasteiger partial charge in [-0.1, -0.05) is 27.5 Å². The first-order valence-corrected chi connectivity index (χ1v) is 6.53. The Morgan fingerprint density at radius 2 is 2.19 bits per heavy atom. The van der Waals surface area contributed by atoms with Crippen molar-refractivity contribution < 1.29 is 0 Å². The van der Waals surface area contributed by atoms with E-state index in [1.165, 1.54) is 5.69 Å². The number of nitrogens with zero attached hydrogens (tertiary/aromatic N) is 2. The zero-order valence-electron chi connectivity index (χ0n) is 8.95. The van der Waals surface area contributed by atoms with E-state index in [2.05, 4.69) is 32.9 Å². The summed E-state index contributed by atoms with van der Waals surface area (Å²) in [4.78, 5) is 6.52. The van der Waals surface area contributed by atoms with Crippen LogP contribution in [-0.4, -0.2) is 23.9 Å². The first-order chi connectivity index (χ1) is 7.72. The minimum absolute atomic E-state index is 0.722. The normalized spacial score (nSPS) is 10.7. The molecule has 0 unspecified atom stereocenters. The van der Waals surface area contributed by atoms with Gasteiger partial charge in [0, 0.05) is 41.2 Å². The van der Waals surface area contributed by atoms with Crippen LogP contribution in [0.15, 0.2) is 30.5 Å². The molecule has 0 N–H and O–H groups in total. The molecule has 1 aromatic heterocycles. The second-order valence-corrected chi connectivity index (χ2v) is 4.83. The lowest BCUT2D eigenvalue weighted by molar-refractivity contribution is 0.987. The van der Waals surface area contributed by atoms with Gasteiger partial charge in [0.1, 0.15) is 0 Å². The number of hydrogen-bond donors (Lipinski definition) is 0. The number of anilines is 1. The van der Waals surface area contributed by atoms with Gasteiger partial charge in [-0.05, 0) is 24.3 Å². The van der Waals surface area contributed by atoms with Crippen molar-refractivity contribution in [3.05, 3.63) is 35.5 Å². The molecule has 2 rings (SSSR count). The predicted octanol–water partition coefficient (Wildman–Crippen LogP) is 3.72. The number of pyridine rings is 1. The van der Waals surface area contributed by atoms with Crippen molar-refractivity contribution in [2.45, 2.75) is 0 Å². The van der Waals surface area contributed by atoms with Crippen molar-refractivity contribution in [3.8, 4) is 0 Å². The van der Waals surface area contributed by atoms with Gasteiger partial charge in [0.25, 0.3) is 0 Å². The van der Waals surface area contributed by atoms with E-state index in [-0.39, 0.29) is 0 Å². The van der Waals surface area contributed by atoms with E-state index in [9.17, 15) is 0 Å². The maximum absolute atomic E-state index is 5.95. The molecule has 0 saturated carbocycles. The number of aromatic nitrogens is 1. The molecule has 0 atom stereocenters. The van der Waals surface area contributed by atoms with E-state index in [0.717, 1.165) is 27.8 Å². The molecule has 0 aliphatic heterocycles. The van der Waals surface area contributed by atoms with Crippen molar-refractivity contribution >= 4 is 44.1 Å². The van der Waals surface area contributed by atoms with Crippen LogP contribution in [-0.2, 0) is 0 Å². The highest BCUT2D eigenvalue weighted by atomic mass is 79.9. The summed E-state index contributed by atoms with van der Waals surface area (Å²) in [6.07, 6.45) is 1.82. The highest BCUT2D eigenvalue weighted by Crippen LogP contribution is 2.26. The highest BCUT2D eigenvalue weighted by molar-refractivity contribution is 9.09. The molecule has 0 spiro atoms. The van der Waals surface area contributed by atoms with Gasteiger partial charge in [-0.15, -0.1) is 0 Å². The Labute approximate surface area is 108 Å². The standard InChI is InChI=1S/C12H12BrClN2/c1-16(7-5-13)12-4-6-15-11-8-9(14)2-3-10(11)12/h2-4,6,8H,5,7H2,1H3. The summed E-state index contributed by atoms with van der Waals surface area (Å²) in [5, 5.41) is 2.80. The largest absolute Gasteiger partial charge is 0.373 e. The molecular weight excluding hydrogens is 288 g/mol. The number of halogens is 2. The zero-order valence-corrected chi connectivity index (χ0v) is 11.3. The van der Waals surface area contributed by atoms with Crippen LogP contribution in [0.4, 0.5) is 5.69 Å². The van der Waals surface area contributed by atoms with Gasteiger partial charge in [0.05, 0.1) is 5.52 Å². The Bertz CT molecular complexity index is 501. The van der Waals surface area contributed by atoms with Crippen molar-refractivity contribution in [3.63, 3.8) is 0 Å². The first kappa shape index (κ1) is 11.7. The smallest absolute Gasteiger partial charge is 0.0737 e. The lowest BCUT2D eigenvalue weighted by atomic mass is 10.2. The van der Waals surface area contributed by atoms with Gasteiger partial charge < -0.3 is 4.90 Å². The third-order valence-corrected chi connectivity index (χ3v) is 3.10. The topological polar surface area (TPSA) is 16.1 Å². The Morgan fingerprint density at radius 3 is 2.94 bits per heavy atom. The maximum Gasteiger partial charge on any atom is 0.0737 e. The van der Waals surface area contributed by atoms with Crippen molar-refractivity contribution in [2.75, 3.05) is 23.8 Å². The van der Waals surface area contributed by atoms with Gasteiger partial charge in [0.2, 0.25) is 0 Å². The van der Waals surface area contributed by atoms with Crippen LogP contribution in [0.25, 0.3) is 10.9 Å². The highest BCUT2D eigenvalue weighted by Gasteiger charge is 2.06. The molecule has 2 nitrogen and oxygen atoms in total. The fourth-order valence-corrected chi connectivity index (χ4v) is 2.38. The van der Waals surface area contributed by atoms with Crippen molar-refractivity contribution in [1.82, 2.24) is 4.98 Å². The number of fused-ring (bicyclic) bond motifs is 1. The summed E-state index contributed by atoms with van der Waals surface area (Å²) < 4.78 is 0. The van der Waals surface area contributed by atoms with Crippen LogP contribution >= 0.6 is 27.5 Å². The molecule has 0 saturated heterocycles. The number of alkyl halides is 1. The molecule has 0 fully saturated rings. The molecule has 1 heterocycles. The van der Waals surface area contributed by atoms with Crippen LogP contribution < -0.4 is 4.90 Å². The summed E-state index contributed by atoms with van der Waals surface area (Å²) >= 11 is 9.40. The Morgan fingerprint density at radius 1 is 1.38 bits per heavy atom. The van der Waals surface area contributed by atoms with Gasteiger partial charge >= 0.3 is 0 Å². The number of rotatable bonds is 3. The first-order valence-electron chi connectivity index (χ1n) is 5.04. The molecule has 84 valence electrons. The third kappa shape index (κ3) is 2.30. The molecule has 1 aromatic carbocycles. The van der Waals surface area contributed by atoms with E-state index in [1.807, 2.05) is 30.5 Å². The lowest BCUT2D eigenvalue weighted by Gasteiger charge is -2.19. The number of hydrogen-bond acceptors (Lipinski definition) is 2. The van der Waals surface area contributed by atoms with Gasteiger partial charge in [-0.25, -0.2) is 0 Å². The minimum atomic E-state index is 0.722. The molecule has 2 aromatic rings. The number of benzene rings is 1. The summed E-state index contributed by atoms with van der Waals surface area (Å²) in [5.41, 5.74) is 2.12. The van der Waals surface area contributed by atoms with Gasteiger partial charge in [-0.2, -0.15) is 0 Å². The van der Waals surface area contributed by atoms with E-state index in [1.54, 1.807) is 0 Å². The lowest BCUT2D eigenvalue weighted by Crippen LogP contribution is -2.19. The fourth-order valence-electron chi connectivity index (χ4n) is 1.69. The zero-order chi connectivity index (χ0) is 11.5. The van der Waals surface area contributed by atoms with Crippen LogP contribution in [0.5, 0.6) is 0 Å². The van der Waals surface area contributed by atoms with Gasteiger partial charge in [0.15, 0.2) is 0 Å². The van der Waals surface area contributed by atoms with Crippen molar-refractivity contribution in [1.29, 1.82) is 0 Å². The minimum Gasteiger partial charge on any atom is -0.373 e. The van der Waals surface area contributed by atoms with Crippen LogP contribution in [0.3, 0.4) is 0 Å². The summed E-state index contributed by atoms with van der Waals surface area (Å²) in [7, 11) is 2.07. The maximum atomic E-state index is 5.95. The summed E-state index contributed by atoms with van der Waals surface area (Å²) in [5.74, 6) is 0. The Kier molecular flexibility index (Phi) is 3.66. The monoisotopic (exact) mass is 298 g/mol. The second kappa shape index (κ2) is 5.02. The molecule has 4 heteroatoms. The second-order valence-electron chi connectivity index (χ2n) is 3.60. The molecule has 0 radical (unpaired) electrons. The molecule has 0 aliphatic carbocycles. The van der Waals surface area contributed by atoms with E-state index < -0.39 is 0 Å². The molecule has 0 aliphatic rings. The van der Waals surface area contributed by atoms with Crippen LogP contribution in [0, 0.1) is 0 Å². The van der Waals surface area contributed by atoms with Crippen LogP contribution in [0.2, 0.25) is 5.02 Å². The van der Waals surface area contributed by atoms with E-state index >= 15 is 0 Å². The molecule has 0 bridgehead atoms. The van der Waals surface area contributed by atoms with E-state index in [0.29, 0.717) is 0 Å². The fraction of sp³-hybridized carbons (Fsp3) is 0.250. The predicted molar refractivity (Wildman–Crippen MR) is 73.8 cm³/mol. The van der Waals surface area contributed by atoms with Crippen molar-refractivity contribution in [2.24, 2.45) is 0 Å². The summed E-state index contributed by atoms with van der Waals surface area (Å²) in [6, 6.07) is 7.84. The average Bonchev–Trinajstić information content (AvgIpc) is 2.28. The third-order valence-electron chi connectivity index (χ3n) is 2.51. The molecular formula is C12H12BrClN2. The van der Waals surface area contributed by atoms with Crippen LogP contribution in [0.1, 0.15) is 0 Å². The molecule has 0 amide bonds. The molecule has 16 heavy (non-hydrogen) atoms. The average molecular weight is 300 g/mol. The van der Waals surface area contributed by atoms with Gasteiger partial charge in [-0.3, -0.25) is 4.98 Å². The quantitative estimate of drug-likeness (QED) is 0.803. The SMILES string of the molecule is CN(CCBr)c1ccnc2cc(Cl)ccc12. The van der Waals surface area contributed by atoms with E-state index in [4.69, 9.17) is 11.6 Å². The summed E-state index contributed by atoms with van der Waals surface area (Å²) in [6.45, 7) is 0.960. The Balaban J connectivity index is 2.53. The Hall–Kier alpha value is -0.800.